The maximum absolute atomic E-state index is 5.59. The quantitative estimate of drug-likeness (QED) is 0.810. The monoisotopic (exact) mass is 283 g/mol. The first-order valence-electron chi connectivity index (χ1n) is 6.67. The summed E-state index contributed by atoms with van der Waals surface area (Å²) in [6, 6.07) is 0. The Morgan fingerprint density at radius 2 is 2.37 bits per heavy atom. The van der Waals surface area contributed by atoms with Crippen LogP contribution in [0, 0.1) is 0 Å². The Labute approximate surface area is 118 Å². The molecule has 0 aliphatic carbocycles. The number of aromatic nitrogens is 2. The van der Waals surface area contributed by atoms with Crippen LogP contribution in [0.5, 0.6) is 5.75 Å². The number of nitrogens with one attached hydrogen (secondary N) is 1. The summed E-state index contributed by atoms with van der Waals surface area (Å²) in [5, 5.41) is 4.59. The molecule has 6 heteroatoms. The molecule has 1 N–H and O–H groups in total. The van der Waals surface area contributed by atoms with E-state index in [-0.39, 0.29) is 6.10 Å². The molecule has 2 heterocycles. The summed E-state index contributed by atoms with van der Waals surface area (Å²) >= 11 is 1.72. The van der Waals surface area contributed by atoms with Crippen molar-refractivity contribution in [2.24, 2.45) is 0 Å². The van der Waals surface area contributed by atoms with Gasteiger partial charge in [0.05, 0.1) is 13.2 Å². The lowest BCUT2D eigenvalue weighted by Crippen LogP contribution is -2.14. The number of nitrogens with zero attached hydrogens (tertiary/aromatic N) is 2. The first-order chi connectivity index (χ1) is 9.26. The minimum Gasteiger partial charge on any atom is -0.490 e. The van der Waals surface area contributed by atoms with E-state index in [0.717, 1.165) is 42.6 Å². The van der Waals surface area contributed by atoms with Crippen molar-refractivity contribution in [3.05, 3.63) is 6.33 Å². The molecule has 1 aliphatic heterocycles. The predicted molar refractivity (Wildman–Crippen MR) is 77.0 cm³/mol. The Morgan fingerprint density at radius 3 is 3.00 bits per heavy atom. The fourth-order valence-electron chi connectivity index (χ4n) is 2.01. The number of ether oxygens (including phenoxy) is 2. The second kappa shape index (κ2) is 6.96. The molecule has 1 aromatic heterocycles. The van der Waals surface area contributed by atoms with Gasteiger partial charge in [0.25, 0.3) is 0 Å². The van der Waals surface area contributed by atoms with Crippen LogP contribution in [0.1, 0.15) is 26.7 Å². The zero-order valence-corrected chi connectivity index (χ0v) is 12.5. The van der Waals surface area contributed by atoms with E-state index in [2.05, 4.69) is 29.1 Å². The molecular weight excluding hydrogens is 262 g/mol. The summed E-state index contributed by atoms with van der Waals surface area (Å²) in [5.74, 6) is 1.51. The molecule has 0 radical (unpaired) electrons. The third-order valence-electron chi connectivity index (χ3n) is 3.09. The standard InChI is InChI=1S/C13H21N3O2S/c1-4-6-14-12-11(17-3)13(16-8-15-12)19-10-5-7-18-9(10)2/h8-10H,4-7H2,1-3H3,(H,14,15,16). The first-order valence-corrected chi connectivity index (χ1v) is 7.55. The highest BCUT2D eigenvalue weighted by molar-refractivity contribution is 8.00. The zero-order valence-electron chi connectivity index (χ0n) is 11.7. The third kappa shape index (κ3) is 3.51. The molecular formula is C13H21N3O2S. The van der Waals surface area contributed by atoms with Crippen LogP contribution >= 0.6 is 11.8 Å². The summed E-state index contributed by atoms with van der Waals surface area (Å²) in [6.07, 6.45) is 3.94. The van der Waals surface area contributed by atoms with Gasteiger partial charge < -0.3 is 14.8 Å². The van der Waals surface area contributed by atoms with Crippen LogP contribution in [0.3, 0.4) is 0 Å². The van der Waals surface area contributed by atoms with Crippen molar-refractivity contribution in [3.63, 3.8) is 0 Å². The predicted octanol–water partition coefficient (Wildman–Crippen LogP) is 2.58. The van der Waals surface area contributed by atoms with Gasteiger partial charge in [-0.1, -0.05) is 18.7 Å². The van der Waals surface area contributed by atoms with Gasteiger partial charge in [-0.15, -0.1) is 0 Å². The number of anilines is 1. The average molecular weight is 283 g/mol. The van der Waals surface area contributed by atoms with Gasteiger partial charge in [-0.3, -0.25) is 0 Å². The van der Waals surface area contributed by atoms with Gasteiger partial charge in [0.15, 0.2) is 11.6 Å². The molecule has 2 rings (SSSR count). The molecule has 5 nitrogen and oxygen atoms in total. The topological polar surface area (TPSA) is 56.3 Å². The molecule has 0 aromatic carbocycles. The van der Waals surface area contributed by atoms with Crippen LogP contribution in [-0.2, 0) is 4.74 Å². The normalized spacial score (nSPS) is 22.5. The second-order valence-electron chi connectivity index (χ2n) is 4.51. The number of rotatable bonds is 6. The Morgan fingerprint density at radius 1 is 1.53 bits per heavy atom. The zero-order chi connectivity index (χ0) is 13.7. The van der Waals surface area contributed by atoms with E-state index in [9.17, 15) is 0 Å². The average Bonchev–Trinajstić information content (AvgIpc) is 2.82. The van der Waals surface area contributed by atoms with Crippen LogP contribution in [0.25, 0.3) is 0 Å². The van der Waals surface area contributed by atoms with E-state index < -0.39 is 0 Å². The highest BCUT2D eigenvalue weighted by Crippen LogP contribution is 2.38. The lowest BCUT2D eigenvalue weighted by Gasteiger charge is -2.16. The molecule has 1 saturated heterocycles. The van der Waals surface area contributed by atoms with E-state index in [4.69, 9.17) is 9.47 Å². The Hall–Kier alpha value is -1.01. The van der Waals surface area contributed by atoms with Gasteiger partial charge in [0.1, 0.15) is 11.4 Å². The fraction of sp³-hybridized carbons (Fsp3) is 0.692. The van der Waals surface area contributed by atoms with Crippen molar-refractivity contribution >= 4 is 17.6 Å². The van der Waals surface area contributed by atoms with Crippen LogP contribution in [0.2, 0.25) is 0 Å². The molecule has 19 heavy (non-hydrogen) atoms. The van der Waals surface area contributed by atoms with Crippen molar-refractivity contribution in [1.82, 2.24) is 9.97 Å². The van der Waals surface area contributed by atoms with Crippen molar-refractivity contribution in [2.45, 2.75) is 43.1 Å². The SMILES string of the molecule is CCCNc1ncnc(SC2CCOC2C)c1OC. The minimum absolute atomic E-state index is 0.261. The third-order valence-corrected chi connectivity index (χ3v) is 4.52. The Balaban J connectivity index is 2.14. The Kier molecular flexibility index (Phi) is 5.27. The molecule has 0 amide bonds. The van der Waals surface area contributed by atoms with Gasteiger partial charge in [-0.25, -0.2) is 9.97 Å². The smallest absolute Gasteiger partial charge is 0.193 e. The van der Waals surface area contributed by atoms with Gasteiger partial charge >= 0.3 is 0 Å². The van der Waals surface area contributed by atoms with E-state index in [1.165, 1.54) is 0 Å². The van der Waals surface area contributed by atoms with Crippen LogP contribution in [-0.4, -0.2) is 41.6 Å². The summed E-state index contributed by atoms with van der Waals surface area (Å²) < 4.78 is 11.1. The van der Waals surface area contributed by atoms with Crippen molar-refractivity contribution in [3.8, 4) is 5.75 Å². The van der Waals surface area contributed by atoms with Gasteiger partial charge in [0, 0.05) is 18.4 Å². The lowest BCUT2D eigenvalue weighted by molar-refractivity contribution is 0.127. The van der Waals surface area contributed by atoms with Gasteiger partial charge in [0.2, 0.25) is 0 Å². The van der Waals surface area contributed by atoms with Crippen LogP contribution < -0.4 is 10.1 Å². The van der Waals surface area contributed by atoms with E-state index in [1.54, 1.807) is 25.2 Å². The molecule has 1 aromatic rings. The molecule has 2 atom stereocenters. The molecule has 0 bridgehead atoms. The first kappa shape index (κ1) is 14.4. The summed E-state index contributed by atoms with van der Waals surface area (Å²) in [5.41, 5.74) is 0. The van der Waals surface area contributed by atoms with E-state index in [1.807, 2.05) is 0 Å². The second-order valence-corrected chi connectivity index (χ2v) is 5.74. The molecule has 106 valence electrons. The molecule has 1 fully saturated rings. The van der Waals surface area contributed by atoms with E-state index >= 15 is 0 Å². The van der Waals surface area contributed by atoms with Crippen LogP contribution in [0.15, 0.2) is 11.4 Å². The molecule has 1 aliphatic rings. The summed E-state index contributed by atoms with van der Waals surface area (Å²) in [7, 11) is 1.66. The Bertz CT molecular complexity index is 417. The fourth-order valence-corrected chi connectivity index (χ4v) is 3.17. The summed E-state index contributed by atoms with van der Waals surface area (Å²) in [6.45, 7) is 5.93. The number of methoxy groups -OCH3 is 1. The number of hydrogen-bond donors (Lipinski definition) is 1. The maximum atomic E-state index is 5.59. The highest BCUT2D eigenvalue weighted by atomic mass is 32.2. The molecule has 0 saturated carbocycles. The maximum Gasteiger partial charge on any atom is 0.193 e. The number of hydrogen-bond acceptors (Lipinski definition) is 6. The van der Waals surface area contributed by atoms with E-state index in [0.29, 0.717) is 5.25 Å². The molecule has 0 spiro atoms. The lowest BCUT2D eigenvalue weighted by atomic mass is 10.3. The highest BCUT2D eigenvalue weighted by Gasteiger charge is 2.27. The summed E-state index contributed by atoms with van der Waals surface area (Å²) in [4.78, 5) is 8.60. The number of thioether (sulfide) groups is 1. The largest absolute Gasteiger partial charge is 0.490 e. The van der Waals surface area contributed by atoms with Crippen molar-refractivity contribution in [2.75, 3.05) is 25.6 Å². The van der Waals surface area contributed by atoms with Crippen LogP contribution in [0.4, 0.5) is 5.82 Å². The van der Waals surface area contributed by atoms with Gasteiger partial charge in [-0.2, -0.15) is 0 Å². The molecule has 2 unspecified atom stereocenters. The van der Waals surface area contributed by atoms with Gasteiger partial charge in [-0.05, 0) is 19.8 Å². The van der Waals surface area contributed by atoms with Crippen molar-refractivity contribution < 1.29 is 9.47 Å². The van der Waals surface area contributed by atoms with Crippen molar-refractivity contribution in [1.29, 1.82) is 0 Å². The minimum atomic E-state index is 0.261.